The normalized spacial score (nSPS) is 19.2. The van der Waals surface area contributed by atoms with Crippen molar-refractivity contribution >= 4 is 5.91 Å². The number of amides is 1. The van der Waals surface area contributed by atoms with Gasteiger partial charge in [-0.3, -0.25) is 4.79 Å². The van der Waals surface area contributed by atoms with E-state index in [2.05, 4.69) is 10.3 Å². The molecule has 0 unspecified atom stereocenters. The first-order chi connectivity index (χ1) is 12.2. The molecule has 0 saturated heterocycles. The highest BCUT2D eigenvalue weighted by Gasteiger charge is 2.32. The van der Waals surface area contributed by atoms with Crippen LogP contribution in [0.15, 0.2) is 65.5 Å². The Morgan fingerprint density at radius 1 is 1.12 bits per heavy atom. The van der Waals surface area contributed by atoms with Crippen LogP contribution in [0.25, 0.3) is 11.3 Å². The lowest BCUT2D eigenvalue weighted by molar-refractivity contribution is 0.0908. The third kappa shape index (κ3) is 3.18. The largest absolute Gasteiger partial charge is 0.444 e. The number of rotatable bonds is 4. The topological polar surface area (TPSA) is 55.1 Å². The number of aromatic nitrogens is 1. The number of benzene rings is 2. The van der Waals surface area contributed by atoms with E-state index >= 15 is 0 Å². The summed E-state index contributed by atoms with van der Waals surface area (Å²) < 4.78 is 19.0. The van der Waals surface area contributed by atoms with Gasteiger partial charge in [-0.1, -0.05) is 30.3 Å². The van der Waals surface area contributed by atoms with Crippen LogP contribution in [0.5, 0.6) is 0 Å². The molecule has 5 heteroatoms. The van der Waals surface area contributed by atoms with Gasteiger partial charge in [0, 0.05) is 17.2 Å². The van der Waals surface area contributed by atoms with Gasteiger partial charge in [0.15, 0.2) is 12.2 Å². The average Bonchev–Trinajstić information content (AvgIpc) is 3.13. The predicted octanol–water partition coefficient (Wildman–Crippen LogP) is 4.16. The van der Waals surface area contributed by atoms with Gasteiger partial charge < -0.3 is 9.73 Å². The van der Waals surface area contributed by atoms with Crippen molar-refractivity contribution in [1.29, 1.82) is 0 Å². The first-order valence-corrected chi connectivity index (χ1v) is 8.25. The van der Waals surface area contributed by atoms with Crippen LogP contribution in [0.3, 0.4) is 0 Å². The average molecular weight is 336 g/mol. The third-order valence-corrected chi connectivity index (χ3v) is 4.68. The lowest BCUT2D eigenvalue weighted by atomic mass is 9.75. The first-order valence-electron chi connectivity index (χ1n) is 8.25. The molecule has 25 heavy (non-hydrogen) atoms. The van der Waals surface area contributed by atoms with E-state index in [9.17, 15) is 9.18 Å². The van der Waals surface area contributed by atoms with Crippen molar-refractivity contribution < 1.29 is 13.6 Å². The minimum atomic E-state index is -0.166. The smallest absolute Gasteiger partial charge is 0.251 e. The summed E-state index contributed by atoms with van der Waals surface area (Å²) in [6, 6.07) is 14.1. The molecule has 0 spiro atoms. The van der Waals surface area contributed by atoms with Crippen LogP contribution in [-0.2, 0) is 0 Å². The molecule has 1 saturated carbocycles. The molecule has 0 atom stereocenters. The number of hydrogen-bond donors (Lipinski definition) is 1. The van der Waals surface area contributed by atoms with Gasteiger partial charge in [-0.15, -0.1) is 0 Å². The molecule has 1 fully saturated rings. The number of carbonyl (C=O) groups is 1. The zero-order valence-electron chi connectivity index (χ0n) is 13.5. The van der Waals surface area contributed by atoms with Crippen LogP contribution < -0.4 is 5.32 Å². The summed E-state index contributed by atoms with van der Waals surface area (Å²) in [5.41, 5.74) is 2.21. The maximum atomic E-state index is 13.8. The third-order valence-electron chi connectivity index (χ3n) is 4.68. The molecule has 1 heterocycles. The maximum absolute atomic E-state index is 13.8. The van der Waals surface area contributed by atoms with E-state index in [-0.39, 0.29) is 23.7 Å². The molecule has 0 aliphatic heterocycles. The van der Waals surface area contributed by atoms with Crippen LogP contribution in [0.1, 0.15) is 34.7 Å². The first kappa shape index (κ1) is 15.6. The van der Waals surface area contributed by atoms with Gasteiger partial charge in [-0.2, -0.15) is 0 Å². The molecular formula is C20H17FN2O2. The van der Waals surface area contributed by atoms with Gasteiger partial charge in [0.1, 0.15) is 5.82 Å². The van der Waals surface area contributed by atoms with Crippen molar-refractivity contribution in [3.63, 3.8) is 0 Å². The van der Waals surface area contributed by atoms with Crippen molar-refractivity contribution in [2.45, 2.75) is 24.8 Å². The lowest BCUT2D eigenvalue weighted by Gasteiger charge is -2.36. The Labute approximate surface area is 144 Å². The Kier molecular flexibility index (Phi) is 4.06. The monoisotopic (exact) mass is 336 g/mol. The van der Waals surface area contributed by atoms with Crippen LogP contribution in [0.2, 0.25) is 0 Å². The fraction of sp³-hybridized carbons (Fsp3) is 0.200. The minimum Gasteiger partial charge on any atom is -0.444 e. The lowest BCUT2D eigenvalue weighted by Crippen LogP contribution is -2.43. The van der Waals surface area contributed by atoms with Gasteiger partial charge in [-0.05, 0) is 42.5 Å². The quantitative estimate of drug-likeness (QED) is 0.778. The van der Waals surface area contributed by atoms with Crippen molar-refractivity contribution in [2.24, 2.45) is 0 Å². The van der Waals surface area contributed by atoms with E-state index in [0.29, 0.717) is 11.3 Å². The van der Waals surface area contributed by atoms with Gasteiger partial charge in [0.25, 0.3) is 5.91 Å². The van der Waals surface area contributed by atoms with Crippen LogP contribution in [0.4, 0.5) is 4.39 Å². The summed E-state index contributed by atoms with van der Waals surface area (Å²) in [4.78, 5) is 16.2. The molecule has 1 N–H and O–H groups in total. The highest BCUT2D eigenvalue weighted by Crippen LogP contribution is 2.38. The molecule has 0 radical (unpaired) electrons. The van der Waals surface area contributed by atoms with E-state index in [1.54, 1.807) is 24.4 Å². The van der Waals surface area contributed by atoms with Gasteiger partial charge in [-0.25, -0.2) is 9.37 Å². The summed E-state index contributed by atoms with van der Waals surface area (Å²) in [6.45, 7) is 0. The van der Waals surface area contributed by atoms with Crippen molar-refractivity contribution in [2.75, 3.05) is 0 Å². The van der Waals surface area contributed by atoms with E-state index < -0.39 is 0 Å². The van der Waals surface area contributed by atoms with Gasteiger partial charge in [0.2, 0.25) is 0 Å². The minimum absolute atomic E-state index is 0.0889. The fourth-order valence-electron chi connectivity index (χ4n) is 3.21. The van der Waals surface area contributed by atoms with E-state index in [4.69, 9.17) is 4.42 Å². The molecule has 0 bridgehead atoms. The number of hydrogen-bond acceptors (Lipinski definition) is 3. The summed E-state index contributed by atoms with van der Waals surface area (Å²) in [5.74, 6) is 0.570. The second kappa shape index (κ2) is 6.51. The summed E-state index contributed by atoms with van der Waals surface area (Å²) in [5, 5.41) is 3.01. The summed E-state index contributed by atoms with van der Waals surface area (Å²) in [7, 11) is 0. The number of nitrogens with one attached hydrogen (secondary N) is 1. The van der Waals surface area contributed by atoms with Gasteiger partial charge >= 0.3 is 0 Å². The Morgan fingerprint density at radius 3 is 2.56 bits per heavy atom. The Bertz CT molecular complexity index is 869. The Hall–Kier alpha value is -2.95. The summed E-state index contributed by atoms with van der Waals surface area (Å²) in [6.07, 6.45) is 4.54. The second-order valence-corrected chi connectivity index (χ2v) is 6.30. The van der Waals surface area contributed by atoms with Crippen molar-refractivity contribution in [3.05, 3.63) is 78.1 Å². The van der Waals surface area contributed by atoms with Crippen LogP contribution in [0, 0.1) is 5.82 Å². The zero-order chi connectivity index (χ0) is 17.2. The zero-order valence-corrected chi connectivity index (χ0v) is 13.5. The van der Waals surface area contributed by atoms with Crippen LogP contribution in [-0.4, -0.2) is 16.9 Å². The molecule has 126 valence electrons. The molecular weight excluding hydrogens is 319 g/mol. The molecule has 1 amide bonds. The van der Waals surface area contributed by atoms with E-state index in [1.165, 1.54) is 12.5 Å². The SMILES string of the molecule is O=C(NC1CC(c2ccccc2F)C1)c1ccc(-c2cnco2)cc1. The molecule has 1 aliphatic carbocycles. The molecule has 4 rings (SSSR count). The molecule has 1 aromatic heterocycles. The van der Waals surface area contributed by atoms with E-state index in [1.807, 2.05) is 24.3 Å². The number of oxazole rings is 1. The van der Waals surface area contributed by atoms with Crippen molar-refractivity contribution in [1.82, 2.24) is 10.3 Å². The molecule has 4 nitrogen and oxygen atoms in total. The van der Waals surface area contributed by atoms with Crippen LogP contribution >= 0.6 is 0 Å². The molecule has 3 aromatic rings. The number of carbonyl (C=O) groups excluding carboxylic acids is 1. The fourth-order valence-corrected chi connectivity index (χ4v) is 3.21. The van der Waals surface area contributed by atoms with Gasteiger partial charge in [0.05, 0.1) is 6.20 Å². The Balaban J connectivity index is 1.35. The standard InChI is InChI=1S/C20H17FN2O2/c21-18-4-2-1-3-17(18)15-9-16(10-15)23-20(24)14-7-5-13(6-8-14)19-11-22-12-25-19/h1-8,11-12,15-16H,9-10H2,(H,23,24). The highest BCUT2D eigenvalue weighted by atomic mass is 19.1. The highest BCUT2D eigenvalue weighted by molar-refractivity contribution is 5.94. The number of halogens is 1. The maximum Gasteiger partial charge on any atom is 0.251 e. The predicted molar refractivity (Wildman–Crippen MR) is 91.6 cm³/mol. The Morgan fingerprint density at radius 2 is 1.88 bits per heavy atom. The second-order valence-electron chi connectivity index (χ2n) is 6.30. The summed E-state index contributed by atoms with van der Waals surface area (Å²) >= 11 is 0. The molecule has 1 aliphatic rings. The van der Waals surface area contributed by atoms with E-state index in [0.717, 1.165) is 24.0 Å². The molecule has 2 aromatic carbocycles. The number of nitrogens with zero attached hydrogens (tertiary/aromatic N) is 1. The van der Waals surface area contributed by atoms with Crippen molar-refractivity contribution in [3.8, 4) is 11.3 Å².